The van der Waals surface area contributed by atoms with E-state index in [2.05, 4.69) is 0 Å². The Kier molecular flexibility index (Phi) is 3.38. The molecular weight excluding hydrogens is 268 g/mol. The van der Waals surface area contributed by atoms with Crippen molar-refractivity contribution in [3.8, 4) is 0 Å². The van der Waals surface area contributed by atoms with Crippen LogP contribution < -0.4 is 5.56 Å². The van der Waals surface area contributed by atoms with Gasteiger partial charge in [0.15, 0.2) is 0 Å². The van der Waals surface area contributed by atoms with Crippen molar-refractivity contribution in [3.05, 3.63) is 61.9 Å². The monoisotopic (exact) mass is 278 g/mol. The van der Waals surface area contributed by atoms with Crippen molar-refractivity contribution in [1.29, 1.82) is 0 Å². The number of rotatable bonds is 4. The Morgan fingerprint density at radius 1 is 1.50 bits per heavy atom. The van der Waals surface area contributed by atoms with Gasteiger partial charge in [0.1, 0.15) is 5.76 Å². The molecular formula is C12H10N2O6. The Morgan fingerprint density at radius 3 is 2.75 bits per heavy atom. The van der Waals surface area contributed by atoms with E-state index in [0.717, 1.165) is 10.8 Å². The van der Waals surface area contributed by atoms with Crippen LogP contribution in [0.1, 0.15) is 21.9 Å². The van der Waals surface area contributed by atoms with Gasteiger partial charge in [0.05, 0.1) is 17.7 Å². The zero-order chi connectivity index (χ0) is 14.9. The molecule has 8 heteroatoms. The van der Waals surface area contributed by atoms with Crippen molar-refractivity contribution in [3.63, 3.8) is 0 Å². The third-order valence-corrected chi connectivity index (χ3v) is 2.66. The number of carboxylic acid groups (broad SMARTS) is 1. The molecule has 0 saturated carbocycles. The zero-order valence-corrected chi connectivity index (χ0v) is 10.4. The number of hydrogen-bond donors (Lipinski definition) is 1. The van der Waals surface area contributed by atoms with Gasteiger partial charge in [0.2, 0.25) is 5.76 Å². The average molecular weight is 278 g/mol. The molecule has 0 bridgehead atoms. The minimum absolute atomic E-state index is 0.0748. The van der Waals surface area contributed by atoms with Gasteiger partial charge in [-0.1, -0.05) is 0 Å². The van der Waals surface area contributed by atoms with Crippen LogP contribution in [0.25, 0.3) is 0 Å². The molecule has 2 heterocycles. The predicted molar refractivity (Wildman–Crippen MR) is 66.9 cm³/mol. The topological polar surface area (TPSA) is 116 Å². The summed E-state index contributed by atoms with van der Waals surface area (Å²) in [6.45, 7) is 1.39. The quantitative estimate of drug-likeness (QED) is 0.667. The number of nitrogens with zero attached hydrogens (tertiary/aromatic N) is 2. The van der Waals surface area contributed by atoms with E-state index in [1.165, 1.54) is 25.1 Å². The second-order valence-electron chi connectivity index (χ2n) is 4.14. The molecule has 0 aromatic carbocycles. The van der Waals surface area contributed by atoms with Gasteiger partial charge in [-0.05, 0) is 19.1 Å². The van der Waals surface area contributed by atoms with Gasteiger partial charge in [0, 0.05) is 11.6 Å². The van der Waals surface area contributed by atoms with Crippen molar-refractivity contribution < 1.29 is 19.2 Å². The summed E-state index contributed by atoms with van der Waals surface area (Å²) < 4.78 is 6.12. The summed E-state index contributed by atoms with van der Waals surface area (Å²) in [7, 11) is 0. The van der Waals surface area contributed by atoms with Gasteiger partial charge < -0.3 is 14.1 Å². The van der Waals surface area contributed by atoms with Crippen LogP contribution in [0.5, 0.6) is 0 Å². The lowest BCUT2D eigenvalue weighted by Crippen LogP contribution is -2.22. The maximum absolute atomic E-state index is 11.9. The first kappa shape index (κ1) is 13.5. The van der Waals surface area contributed by atoms with Gasteiger partial charge in [-0.25, -0.2) is 4.79 Å². The maximum Gasteiger partial charge on any atom is 0.371 e. The zero-order valence-electron chi connectivity index (χ0n) is 10.4. The molecule has 0 fully saturated rings. The second-order valence-corrected chi connectivity index (χ2v) is 4.14. The summed E-state index contributed by atoms with van der Waals surface area (Å²) >= 11 is 0. The molecule has 8 nitrogen and oxygen atoms in total. The van der Waals surface area contributed by atoms with Crippen LogP contribution in [0.3, 0.4) is 0 Å². The summed E-state index contributed by atoms with van der Waals surface area (Å²) in [6, 6.07) is 3.85. The summed E-state index contributed by atoms with van der Waals surface area (Å²) in [5.41, 5.74) is -0.389. The first-order valence-corrected chi connectivity index (χ1v) is 5.56. The fourth-order valence-electron chi connectivity index (χ4n) is 1.73. The molecule has 0 radical (unpaired) electrons. The molecule has 0 atom stereocenters. The fraction of sp³-hybridized carbons (Fsp3) is 0.167. The molecule has 1 N–H and O–H groups in total. The van der Waals surface area contributed by atoms with E-state index in [4.69, 9.17) is 9.52 Å². The van der Waals surface area contributed by atoms with Crippen LogP contribution >= 0.6 is 0 Å². The van der Waals surface area contributed by atoms with E-state index >= 15 is 0 Å². The number of nitro groups is 1. The number of hydrogen-bond acceptors (Lipinski definition) is 5. The molecule has 0 aliphatic carbocycles. The van der Waals surface area contributed by atoms with Crippen LogP contribution in [0, 0.1) is 17.0 Å². The summed E-state index contributed by atoms with van der Waals surface area (Å²) in [5, 5.41) is 19.5. The normalized spacial score (nSPS) is 10.4. The van der Waals surface area contributed by atoms with Crippen molar-refractivity contribution in [2.24, 2.45) is 0 Å². The van der Waals surface area contributed by atoms with E-state index in [0.29, 0.717) is 0 Å². The summed E-state index contributed by atoms with van der Waals surface area (Å²) in [5.74, 6) is -1.25. The van der Waals surface area contributed by atoms with Crippen molar-refractivity contribution in [1.82, 2.24) is 4.57 Å². The average Bonchev–Trinajstić information content (AvgIpc) is 2.83. The van der Waals surface area contributed by atoms with E-state index in [1.54, 1.807) is 0 Å². The molecule has 20 heavy (non-hydrogen) atoms. The molecule has 0 aliphatic heterocycles. The number of furan rings is 1. The first-order chi connectivity index (χ1) is 9.38. The lowest BCUT2D eigenvalue weighted by Gasteiger charge is -2.04. The Hall–Kier alpha value is -2.90. The number of pyridine rings is 1. The van der Waals surface area contributed by atoms with E-state index in [-0.39, 0.29) is 29.3 Å². The van der Waals surface area contributed by atoms with Crippen molar-refractivity contribution in [2.75, 3.05) is 0 Å². The van der Waals surface area contributed by atoms with Gasteiger partial charge in [-0.2, -0.15) is 0 Å². The van der Waals surface area contributed by atoms with Crippen molar-refractivity contribution in [2.45, 2.75) is 13.5 Å². The smallest absolute Gasteiger partial charge is 0.371 e. The van der Waals surface area contributed by atoms with Crippen molar-refractivity contribution >= 4 is 11.7 Å². The molecule has 2 aromatic rings. The standard InChI is InChI=1S/C12H10N2O6/c1-7-4-8(14(18)19)5-13(11(7)15)6-9-2-3-10(20-9)12(16)17/h2-5H,6H2,1H3,(H,16,17). The summed E-state index contributed by atoms with van der Waals surface area (Å²) in [4.78, 5) is 32.7. The third-order valence-electron chi connectivity index (χ3n) is 2.66. The maximum atomic E-state index is 11.9. The van der Waals surface area contributed by atoms with Crippen LogP contribution in [0.15, 0.2) is 33.6 Å². The Morgan fingerprint density at radius 2 is 2.20 bits per heavy atom. The Labute approximate surface area is 112 Å². The van der Waals surface area contributed by atoms with Gasteiger partial charge in [-0.3, -0.25) is 14.9 Å². The van der Waals surface area contributed by atoms with Gasteiger partial charge in [-0.15, -0.1) is 0 Å². The highest BCUT2D eigenvalue weighted by Gasteiger charge is 2.14. The van der Waals surface area contributed by atoms with Gasteiger partial charge in [0.25, 0.3) is 11.2 Å². The lowest BCUT2D eigenvalue weighted by molar-refractivity contribution is -0.385. The second kappa shape index (κ2) is 5.00. The number of carboxylic acids is 1. The third kappa shape index (κ3) is 2.58. The van der Waals surface area contributed by atoms with Crippen LogP contribution in [0.2, 0.25) is 0 Å². The molecule has 0 aliphatic rings. The van der Waals surface area contributed by atoms with E-state index in [1.807, 2.05) is 0 Å². The number of aromatic carboxylic acids is 1. The summed E-state index contributed by atoms with van der Waals surface area (Å²) in [6.07, 6.45) is 1.10. The number of aryl methyl sites for hydroxylation is 1. The molecule has 0 unspecified atom stereocenters. The Balaban J connectivity index is 2.39. The van der Waals surface area contributed by atoms with Gasteiger partial charge >= 0.3 is 5.97 Å². The molecule has 2 rings (SSSR count). The number of aromatic nitrogens is 1. The first-order valence-electron chi connectivity index (χ1n) is 5.56. The molecule has 0 amide bonds. The molecule has 2 aromatic heterocycles. The highest BCUT2D eigenvalue weighted by atomic mass is 16.6. The fourth-order valence-corrected chi connectivity index (χ4v) is 1.73. The minimum atomic E-state index is -1.22. The molecule has 104 valence electrons. The number of carbonyl (C=O) groups is 1. The lowest BCUT2D eigenvalue weighted by atomic mass is 10.3. The highest BCUT2D eigenvalue weighted by molar-refractivity contribution is 5.84. The SMILES string of the molecule is Cc1cc([N+](=O)[O-])cn(Cc2ccc(C(=O)O)o2)c1=O. The van der Waals surface area contributed by atoms with Crippen LogP contribution in [-0.2, 0) is 6.54 Å². The van der Waals surface area contributed by atoms with E-state index in [9.17, 15) is 19.7 Å². The molecule has 0 saturated heterocycles. The minimum Gasteiger partial charge on any atom is -0.475 e. The molecule has 0 spiro atoms. The van der Waals surface area contributed by atoms with E-state index < -0.39 is 16.5 Å². The Bertz CT molecular complexity index is 743. The highest BCUT2D eigenvalue weighted by Crippen LogP contribution is 2.13. The van der Waals surface area contributed by atoms with Crippen LogP contribution in [-0.4, -0.2) is 20.6 Å². The predicted octanol–water partition coefficient (Wildman–Crippen LogP) is 1.40. The van der Waals surface area contributed by atoms with Crippen LogP contribution in [0.4, 0.5) is 5.69 Å². The largest absolute Gasteiger partial charge is 0.475 e.